The molecular weight excluding hydrogens is 328 g/mol. The highest BCUT2D eigenvalue weighted by Gasteiger charge is 2.32. The monoisotopic (exact) mass is 340 g/mol. The molecule has 0 spiro atoms. The largest absolute Gasteiger partial charge is 0.409 e. The lowest BCUT2D eigenvalue weighted by atomic mass is 10.3. The Hall–Kier alpha value is -1.20. The Morgan fingerprint density at radius 3 is 2.61 bits per heavy atom. The van der Waals surface area contributed by atoms with E-state index in [0.717, 1.165) is 8.99 Å². The fourth-order valence-corrected chi connectivity index (χ4v) is 3.57. The van der Waals surface area contributed by atoms with Crippen molar-refractivity contribution in [1.29, 1.82) is 0 Å². The summed E-state index contributed by atoms with van der Waals surface area (Å²) in [7, 11) is -1.09. The maximum atomic E-state index is 12.3. The fraction of sp³-hybridized carbons (Fsp3) is 0.571. The highest BCUT2D eigenvalue weighted by Crippen LogP contribution is 2.22. The van der Waals surface area contributed by atoms with Crippen molar-refractivity contribution in [2.45, 2.75) is 18.0 Å². The van der Waals surface area contributed by atoms with Gasteiger partial charge in [-0.1, -0.05) is 10.4 Å². The minimum absolute atomic E-state index is 0.101. The second kappa shape index (κ2) is 5.20. The Balaban J connectivity index is 3.24. The number of sulfonamides is 1. The second-order valence-electron chi connectivity index (χ2n) is 3.53. The second-order valence-corrected chi connectivity index (χ2v) is 6.20. The van der Waals surface area contributed by atoms with Gasteiger partial charge >= 0.3 is 0 Å². The molecule has 0 aromatic carbocycles. The Kier molecular flexibility index (Phi) is 4.29. The third-order valence-electron chi connectivity index (χ3n) is 2.45. The van der Waals surface area contributed by atoms with Gasteiger partial charge in [0.15, 0.2) is 10.4 Å². The van der Waals surface area contributed by atoms with Crippen molar-refractivity contribution in [2.75, 3.05) is 7.05 Å². The summed E-state index contributed by atoms with van der Waals surface area (Å²) in [5, 5.41) is 18.4. The lowest BCUT2D eigenvalue weighted by Crippen LogP contribution is -2.44. The number of nitrogens with two attached hydrogens (primary N) is 1. The molecule has 1 aromatic heterocycles. The minimum Gasteiger partial charge on any atom is -0.409 e. The van der Waals surface area contributed by atoms with E-state index in [1.54, 1.807) is 0 Å². The van der Waals surface area contributed by atoms with Gasteiger partial charge in [-0.3, -0.25) is 0 Å². The van der Waals surface area contributed by atoms with Crippen LogP contribution < -0.4 is 5.73 Å². The summed E-state index contributed by atoms with van der Waals surface area (Å²) in [6.45, 7) is 1.49. The van der Waals surface area contributed by atoms with Crippen LogP contribution in [0.4, 0.5) is 0 Å². The molecule has 0 aliphatic rings. The molecule has 18 heavy (non-hydrogen) atoms. The fourth-order valence-electron chi connectivity index (χ4n) is 1.21. The van der Waals surface area contributed by atoms with Crippen molar-refractivity contribution in [2.24, 2.45) is 17.9 Å². The molecule has 0 fully saturated rings. The van der Waals surface area contributed by atoms with E-state index in [1.807, 2.05) is 0 Å². The molecular formula is C7H13BrN6O3S. The molecule has 0 saturated carbocycles. The van der Waals surface area contributed by atoms with E-state index < -0.39 is 16.1 Å². The minimum atomic E-state index is -3.86. The Morgan fingerprint density at radius 1 is 1.67 bits per heavy atom. The van der Waals surface area contributed by atoms with E-state index in [1.165, 1.54) is 21.0 Å². The number of aryl methyl sites for hydroxylation is 1. The summed E-state index contributed by atoms with van der Waals surface area (Å²) < 4.78 is 26.8. The van der Waals surface area contributed by atoms with Crippen LogP contribution in [0.15, 0.2) is 14.8 Å². The molecule has 1 rings (SSSR count). The number of halogens is 1. The lowest BCUT2D eigenvalue weighted by molar-refractivity contribution is 0.311. The van der Waals surface area contributed by atoms with E-state index in [9.17, 15) is 8.42 Å². The quantitative estimate of drug-likeness (QED) is 0.324. The van der Waals surface area contributed by atoms with Gasteiger partial charge in [-0.2, -0.15) is 4.31 Å². The molecule has 102 valence electrons. The number of hydrogen-bond acceptors (Lipinski definition) is 6. The normalized spacial score (nSPS) is 15.1. The molecule has 0 bridgehead atoms. The Labute approximate surface area is 112 Å². The Morgan fingerprint density at radius 2 is 2.22 bits per heavy atom. The predicted octanol–water partition coefficient (Wildman–Crippen LogP) is -0.667. The van der Waals surface area contributed by atoms with Crippen LogP contribution in [-0.4, -0.2) is 51.8 Å². The van der Waals surface area contributed by atoms with Crippen LogP contribution in [-0.2, 0) is 17.1 Å². The third kappa shape index (κ3) is 2.47. The zero-order valence-corrected chi connectivity index (χ0v) is 12.3. The Bertz CT molecular complexity index is 548. The van der Waals surface area contributed by atoms with Crippen LogP contribution in [0, 0.1) is 0 Å². The first-order chi connectivity index (χ1) is 8.23. The molecule has 0 radical (unpaired) electrons. The number of oxime groups is 1. The molecule has 0 saturated heterocycles. The van der Waals surface area contributed by atoms with E-state index in [-0.39, 0.29) is 15.5 Å². The van der Waals surface area contributed by atoms with Gasteiger partial charge in [0.1, 0.15) is 0 Å². The summed E-state index contributed by atoms with van der Waals surface area (Å²) in [6.07, 6.45) is 0. The molecule has 0 aliphatic carbocycles. The number of amidine groups is 1. The first-order valence-corrected chi connectivity index (χ1v) is 6.97. The predicted molar refractivity (Wildman–Crippen MR) is 66.5 cm³/mol. The first kappa shape index (κ1) is 14.9. The van der Waals surface area contributed by atoms with Crippen molar-refractivity contribution in [1.82, 2.24) is 19.3 Å². The summed E-state index contributed by atoms with van der Waals surface area (Å²) >= 11 is 3.01. The van der Waals surface area contributed by atoms with Crippen LogP contribution in [0.3, 0.4) is 0 Å². The van der Waals surface area contributed by atoms with Crippen molar-refractivity contribution >= 4 is 31.8 Å². The van der Waals surface area contributed by atoms with Gasteiger partial charge in [0.25, 0.3) is 10.0 Å². The molecule has 0 aliphatic heterocycles. The van der Waals surface area contributed by atoms with Gasteiger partial charge in [-0.05, 0) is 22.9 Å². The number of likely N-dealkylation sites (N-methyl/N-ethyl adjacent to an activating group) is 1. The maximum absolute atomic E-state index is 12.3. The number of aromatic nitrogens is 3. The van der Waals surface area contributed by atoms with Crippen molar-refractivity contribution in [3.63, 3.8) is 0 Å². The van der Waals surface area contributed by atoms with Crippen LogP contribution >= 0.6 is 15.9 Å². The standard InChI is InChI=1S/C7H13BrN6O3S/c1-4(6(9)11-15)14(3)18(16,17)7-5(8)10-12-13(7)2/h4,15H,1-3H3,(H2,9,11). The molecule has 3 N–H and O–H groups in total. The molecule has 1 unspecified atom stereocenters. The molecule has 1 heterocycles. The average molecular weight is 341 g/mol. The number of rotatable bonds is 4. The van der Waals surface area contributed by atoms with Gasteiger partial charge in [0.2, 0.25) is 5.03 Å². The van der Waals surface area contributed by atoms with Crippen molar-refractivity contribution in [3.05, 3.63) is 4.60 Å². The first-order valence-electron chi connectivity index (χ1n) is 4.74. The third-order valence-corrected chi connectivity index (χ3v) is 5.27. The van der Waals surface area contributed by atoms with Crippen LogP contribution in [0.2, 0.25) is 0 Å². The summed E-state index contributed by atoms with van der Waals surface area (Å²) in [5.74, 6) is -0.215. The molecule has 9 nitrogen and oxygen atoms in total. The van der Waals surface area contributed by atoms with Crippen molar-refractivity contribution in [3.8, 4) is 0 Å². The van der Waals surface area contributed by atoms with Crippen molar-refractivity contribution < 1.29 is 13.6 Å². The molecule has 11 heteroatoms. The van der Waals surface area contributed by atoms with Crippen LogP contribution in [0.1, 0.15) is 6.92 Å². The summed E-state index contributed by atoms with van der Waals surface area (Å²) in [5.41, 5.74) is 5.39. The van der Waals surface area contributed by atoms with Gasteiger partial charge in [0, 0.05) is 14.1 Å². The zero-order valence-electron chi connectivity index (χ0n) is 9.94. The van der Waals surface area contributed by atoms with E-state index in [4.69, 9.17) is 10.9 Å². The van der Waals surface area contributed by atoms with Gasteiger partial charge in [-0.25, -0.2) is 13.1 Å². The van der Waals surface area contributed by atoms with Gasteiger partial charge < -0.3 is 10.9 Å². The van der Waals surface area contributed by atoms with E-state index >= 15 is 0 Å². The topological polar surface area (TPSA) is 127 Å². The molecule has 1 aromatic rings. The maximum Gasteiger partial charge on any atom is 0.263 e. The lowest BCUT2D eigenvalue weighted by Gasteiger charge is -2.22. The van der Waals surface area contributed by atoms with E-state index in [0.29, 0.717) is 0 Å². The summed E-state index contributed by atoms with van der Waals surface area (Å²) in [6, 6.07) is -0.804. The van der Waals surface area contributed by atoms with Gasteiger partial charge in [-0.15, -0.1) is 5.10 Å². The highest BCUT2D eigenvalue weighted by molar-refractivity contribution is 9.10. The zero-order chi connectivity index (χ0) is 14.1. The van der Waals surface area contributed by atoms with Gasteiger partial charge in [0.05, 0.1) is 6.04 Å². The van der Waals surface area contributed by atoms with Crippen LogP contribution in [0.25, 0.3) is 0 Å². The number of hydrogen-bond donors (Lipinski definition) is 2. The number of nitrogens with zero attached hydrogens (tertiary/aromatic N) is 5. The molecule has 0 amide bonds. The summed E-state index contributed by atoms with van der Waals surface area (Å²) in [4.78, 5) is 0. The molecule has 1 atom stereocenters. The van der Waals surface area contributed by atoms with Crippen LogP contribution in [0.5, 0.6) is 0 Å². The smallest absolute Gasteiger partial charge is 0.263 e. The average Bonchev–Trinajstić information content (AvgIpc) is 2.66. The van der Waals surface area contributed by atoms with E-state index in [2.05, 4.69) is 31.4 Å². The highest BCUT2D eigenvalue weighted by atomic mass is 79.9. The SMILES string of the molecule is CC(C(N)=NO)N(C)S(=O)(=O)c1c(Br)nnn1C.